The third-order valence-corrected chi connectivity index (χ3v) is 2.75. The second-order valence-electron chi connectivity index (χ2n) is 4.25. The normalized spacial score (nSPS) is 10.4. The van der Waals surface area contributed by atoms with Crippen LogP contribution in [-0.2, 0) is 13.2 Å². The number of furan rings is 1. The first-order valence-electron chi connectivity index (χ1n) is 5.86. The molecule has 0 atom stereocenters. The van der Waals surface area contributed by atoms with Crippen LogP contribution in [0.25, 0.3) is 0 Å². The Bertz CT molecular complexity index is 506. The van der Waals surface area contributed by atoms with Crippen molar-refractivity contribution in [2.24, 2.45) is 5.73 Å². The molecule has 0 fully saturated rings. The highest BCUT2D eigenvalue weighted by atomic mass is 16.5. The first kappa shape index (κ1) is 12.5. The summed E-state index contributed by atoms with van der Waals surface area (Å²) in [4.78, 5) is 2.04. The van der Waals surface area contributed by atoms with E-state index in [2.05, 4.69) is 0 Å². The van der Waals surface area contributed by atoms with Gasteiger partial charge < -0.3 is 19.8 Å². The van der Waals surface area contributed by atoms with Crippen LogP contribution in [0.1, 0.15) is 11.3 Å². The standard InChI is InChI=1S/C14H18N2O2/c1-16(2)12-4-3-5-13(8-12)18-10-11-6-7-17-14(11)9-15/h3-8H,9-10,15H2,1-2H3. The monoisotopic (exact) mass is 246 g/mol. The Morgan fingerprint density at radius 2 is 2.11 bits per heavy atom. The molecule has 96 valence electrons. The molecule has 2 rings (SSSR count). The minimum absolute atomic E-state index is 0.392. The smallest absolute Gasteiger partial charge is 0.123 e. The van der Waals surface area contributed by atoms with Gasteiger partial charge >= 0.3 is 0 Å². The van der Waals surface area contributed by atoms with E-state index in [4.69, 9.17) is 14.9 Å². The van der Waals surface area contributed by atoms with E-state index in [1.54, 1.807) is 6.26 Å². The molecule has 0 aliphatic heterocycles. The largest absolute Gasteiger partial charge is 0.489 e. The molecule has 0 aliphatic rings. The predicted octanol–water partition coefficient (Wildman–Crippen LogP) is 2.38. The van der Waals surface area contributed by atoms with Gasteiger partial charge in [-0.2, -0.15) is 0 Å². The van der Waals surface area contributed by atoms with Gasteiger partial charge in [-0.3, -0.25) is 0 Å². The fraction of sp³-hybridized carbons (Fsp3) is 0.286. The van der Waals surface area contributed by atoms with Gasteiger partial charge in [0.2, 0.25) is 0 Å². The Hall–Kier alpha value is -1.94. The molecule has 4 nitrogen and oxygen atoms in total. The van der Waals surface area contributed by atoms with Crippen molar-refractivity contribution >= 4 is 5.69 Å². The maximum Gasteiger partial charge on any atom is 0.123 e. The third-order valence-electron chi connectivity index (χ3n) is 2.75. The molecular weight excluding hydrogens is 228 g/mol. The van der Waals surface area contributed by atoms with E-state index in [0.29, 0.717) is 13.2 Å². The lowest BCUT2D eigenvalue weighted by molar-refractivity contribution is 0.302. The maximum atomic E-state index is 5.74. The number of nitrogens with two attached hydrogens (primary N) is 1. The highest BCUT2D eigenvalue weighted by molar-refractivity contribution is 5.49. The summed E-state index contributed by atoms with van der Waals surface area (Å²) in [7, 11) is 4.00. The van der Waals surface area contributed by atoms with Crippen LogP contribution in [0.15, 0.2) is 41.0 Å². The summed E-state index contributed by atoms with van der Waals surface area (Å²) in [6.07, 6.45) is 1.64. The molecule has 18 heavy (non-hydrogen) atoms. The van der Waals surface area contributed by atoms with Crippen LogP contribution in [0, 0.1) is 0 Å². The van der Waals surface area contributed by atoms with Gasteiger partial charge in [0.05, 0.1) is 12.8 Å². The predicted molar refractivity (Wildman–Crippen MR) is 71.7 cm³/mol. The number of anilines is 1. The molecule has 2 N–H and O–H groups in total. The first-order valence-corrected chi connectivity index (χ1v) is 5.86. The summed E-state index contributed by atoms with van der Waals surface area (Å²) in [6.45, 7) is 0.864. The van der Waals surface area contributed by atoms with Crippen LogP contribution in [0.3, 0.4) is 0 Å². The van der Waals surface area contributed by atoms with Crippen molar-refractivity contribution in [2.45, 2.75) is 13.2 Å². The van der Waals surface area contributed by atoms with Gasteiger partial charge in [0.25, 0.3) is 0 Å². The summed E-state index contributed by atoms with van der Waals surface area (Å²) in [5, 5.41) is 0. The lowest BCUT2D eigenvalue weighted by atomic mass is 10.2. The zero-order chi connectivity index (χ0) is 13.0. The summed E-state index contributed by atoms with van der Waals surface area (Å²) in [5.74, 6) is 1.61. The van der Waals surface area contributed by atoms with E-state index in [0.717, 1.165) is 22.8 Å². The fourth-order valence-corrected chi connectivity index (χ4v) is 1.69. The fourth-order valence-electron chi connectivity index (χ4n) is 1.69. The van der Waals surface area contributed by atoms with Crippen molar-refractivity contribution in [2.75, 3.05) is 19.0 Å². The van der Waals surface area contributed by atoms with Gasteiger partial charge in [-0.05, 0) is 18.2 Å². The number of rotatable bonds is 5. The average Bonchev–Trinajstić information content (AvgIpc) is 2.84. The molecule has 0 saturated carbocycles. The molecular formula is C14H18N2O2. The zero-order valence-corrected chi connectivity index (χ0v) is 10.7. The van der Waals surface area contributed by atoms with Crippen molar-refractivity contribution in [3.05, 3.63) is 47.9 Å². The van der Waals surface area contributed by atoms with Gasteiger partial charge in [-0.1, -0.05) is 6.07 Å². The van der Waals surface area contributed by atoms with Crippen LogP contribution in [0.4, 0.5) is 5.69 Å². The summed E-state index contributed by atoms with van der Waals surface area (Å²) in [6, 6.07) is 9.84. The van der Waals surface area contributed by atoms with E-state index in [9.17, 15) is 0 Å². The molecule has 0 unspecified atom stereocenters. The molecule has 0 amide bonds. The maximum absolute atomic E-state index is 5.74. The second-order valence-corrected chi connectivity index (χ2v) is 4.25. The minimum atomic E-state index is 0.392. The highest BCUT2D eigenvalue weighted by Crippen LogP contribution is 2.21. The van der Waals surface area contributed by atoms with E-state index in [1.165, 1.54) is 0 Å². The van der Waals surface area contributed by atoms with Crippen molar-refractivity contribution in [1.82, 2.24) is 0 Å². The average molecular weight is 246 g/mol. The molecule has 1 aromatic heterocycles. The number of ether oxygens (including phenoxy) is 1. The lowest BCUT2D eigenvalue weighted by Crippen LogP contribution is -2.08. The quantitative estimate of drug-likeness (QED) is 0.880. The molecule has 0 spiro atoms. The van der Waals surface area contributed by atoms with Gasteiger partial charge in [0, 0.05) is 31.4 Å². The second kappa shape index (κ2) is 5.60. The summed E-state index contributed by atoms with van der Waals surface area (Å²) >= 11 is 0. The third kappa shape index (κ3) is 2.84. The minimum Gasteiger partial charge on any atom is -0.489 e. The molecule has 0 bridgehead atoms. The zero-order valence-electron chi connectivity index (χ0n) is 10.7. The molecule has 0 aliphatic carbocycles. The van der Waals surface area contributed by atoms with Crippen molar-refractivity contribution in [1.29, 1.82) is 0 Å². The van der Waals surface area contributed by atoms with Gasteiger partial charge in [0.15, 0.2) is 0 Å². The van der Waals surface area contributed by atoms with Crippen LogP contribution < -0.4 is 15.4 Å². The highest BCUT2D eigenvalue weighted by Gasteiger charge is 2.05. The lowest BCUT2D eigenvalue weighted by Gasteiger charge is -2.14. The molecule has 1 aromatic carbocycles. The Kier molecular flexibility index (Phi) is 3.89. The molecule has 0 radical (unpaired) electrons. The number of benzene rings is 1. The van der Waals surface area contributed by atoms with Gasteiger partial charge in [0.1, 0.15) is 18.1 Å². The van der Waals surface area contributed by atoms with E-state index >= 15 is 0 Å². The Morgan fingerprint density at radius 1 is 1.28 bits per heavy atom. The first-order chi connectivity index (χ1) is 8.70. The van der Waals surface area contributed by atoms with Crippen LogP contribution in [-0.4, -0.2) is 14.1 Å². The van der Waals surface area contributed by atoms with Crippen LogP contribution >= 0.6 is 0 Å². The summed E-state index contributed by atoms with van der Waals surface area (Å²) in [5.41, 5.74) is 7.68. The van der Waals surface area contributed by atoms with Crippen molar-refractivity contribution in [3.63, 3.8) is 0 Å². The van der Waals surface area contributed by atoms with Crippen LogP contribution in [0.5, 0.6) is 5.75 Å². The van der Waals surface area contributed by atoms with Gasteiger partial charge in [-0.15, -0.1) is 0 Å². The molecule has 1 heterocycles. The number of hydrogen-bond acceptors (Lipinski definition) is 4. The number of hydrogen-bond donors (Lipinski definition) is 1. The van der Waals surface area contributed by atoms with Gasteiger partial charge in [-0.25, -0.2) is 0 Å². The van der Waals surface area contributed by atoms with Crippen LogP contribution in [0.2, 0.25) is 0 Å². The molecule has 2 aromatic rings. The van der Waals surface area contributed by atoms with E-state index in [-0.39, 0.29) is 0 Å². The Labute approximate surface area is 107 Å². The number of nitrogens with zero attached hydrogens (tertiary/aromatic N) is 1. The SMILES string of the molecule is CN(C)c1cccc(OCc2ccoc2CN)c1. The Morgan fingerprint density at radius 3 is 2.83 bits per heavy atom. The van der Waals surface area contributed by atoms with Crippen molar-refractivity contribution < 1.29 is 9.15 Å². The molecule has 0 saturated heterocycles. The topological polar surface area (TPSA) is 51.6 Å². The van der Waals surface area contributed by atoms with E-state index in [1.807, 2.05) is 49.3 Å². The summed E-state index contributed by atoms with van der Waals surface area (Å²) < 4.78 is 11.0. The van der Waals surface area contributed by atoms with E-state index < -0.39 is 0 Å². The van der Waals surface area contributed by atoms with Crippen molar-refractivity contribution in [3.8, 4) is 5.75 Å². The molecule has 4 heteroatoms. The Balaban J connectivity index is 2.04.